The summed E-state index contributed by atoms with van der Waals surface area (Å²) in [5, 5.41) is 20.3. The predicted octanol–water partition coefficient (Wildman–Crippen LogP) is 4.17. The Morgan fingerprint density at radius 1 is 1.21 bits per heavy atom. The number of ether oxygens (including phenoxy) is 2. The minimum absolute atomic E-state index is 0.00412. The summed E-state index contributed by atoms with van der Waals surface area (Å²) in [5.41, 5.74) is 0.331. The van der Waals surface area contributed by atoms with E-state index in [1.807, 2.05) is 37.3 Å². The zero-order valence-electron chi connectivity index (χ0n) is 16.9. The summed E-state index contributed by atoms with van der Waals surface area (Å²) in [7, 11) is 0. The highest BCUT2D eigenvalue weighted by Crippen LogP contribution is 2.41. The van der Waals surface area contributed by atoms with E-state index < -0.39 is 11.6 Å². The van der Waals surface area contributed by atoms with Crippen molar-refractivity contribution in [3.05, 3.63) is 35.9 Å². The van der Waals surface area contributed by atoms with Gasteiger partial charge in [-0.3, -0.25) is 4.79 Å². The van der Waals surface area contributed by atoms with Gasteiger partial charge in [-0.1, -0.05) is 30.3 Å². The van der Waals surface area contributed by atoms with Crippen LogP contribution < -0.4 is 0 Å². The highest BCUT2D eigenvalue weighted by Gasteiger charge is 2.40. The Labute approximate surface area is 168 Å². The van der Waals surface area contributed by atoms with Gasteiger partial charge in [-0.05, 0) is 69.3 Å². The Balaban J connectivity index is 1.56. The van der Waals surface area contributed by atoms with E-state index in [9.17, 15) is 15.0 Å². The fraction of sp³-hybridized carbons (Fsp3) is 0.696. The largest absolute Gasteiger partial charge is 0.481 e. The molecule has 1 aliphatic heterocycles. The van der Waals surface area contributed by atoms with Crippen LogP contribution in [0, 0.1) is 11.8 Å². The highest BCUT2D eigenvalue weighted by molar-refractivity contribution is 5.67. The molecule has 1 heterocycles. The molecule has 0 spiro atoms. The number of aliphatic hydroxyl groups is 1. The Kier molecular flexibility index (Phi) is 7.49. The molecule has 0 aromatic heterocycles. The van der Waals surface area contributed by atoms with Crippen LogP contribution in [0.25, 0.3) is 0 Å². The van der Waals surface area contributed by atoms with Gasteiger partial charge in [0.05, 0.1) is 18.1 Å². The van der Waals surface area contributed by atoms with E-state index in [1.54, 1.807) is 0 Å². The third-order valence-corrected chi connectivity index (χ3v) is 6.26. The van der Waals surface area contributed by atoms with E-state index in [0.29, 0.717) is 12.8 Å². The van der Waals surface area contributed by atoms with Crippen molar-refractivity contribution in [2.24, 2.45) is 11.8 Å². The van der Waals surface area contributed by atoms with Gasteiger partial charge in [0, 0.05) is 13.0 Å². The Morgan fingerprint density at radius 2 is 2.00 bits per heavy atom. The molecule has 28 heavy (non-hydrogen) atoms. The van der Waals surface area contributed by atoms with Crippen molar-refractivity contribution in [1.29, 1.82) is 0 Å². The van der Waals surface area contributed by atoms with Gasteiger partial charge in [0.15, 0.2) is 6.29 Å². The van der Waals surface area contributed by atoms with Crippen LogP contribution in [0.4, 0.5) is 0 Å². The molecule has 0 radical (unpaired) electrons. The first-order valence-corrected chi connectivity index (χ1v) is 10.7. The average Bonchev–Trinajstić information content (AvgIpc) is 3.02. The van der Waals surface area contributed by atoms with Crippen LogP contribution in [0.2, 0.25) is 0 Å². The van der Waals surface area contributed by atoms with Crippen molar-refractivity contribution < 1.29 is 24.5 Å². The van der Waals surface area contributed by atoms with Gasteiger partial charge in [0.2, 0.25) is 0 Å². The lowest BCUT2D eigenvalue weighted by Gasteiger charge is -2.31. The normalized spacial score (nSPS) is 30.1. The first-order valence-electron chi connectivity index (χ1n) is 10.7. The summed E-state index contributed by atoms with van der Waals surface area (Å²) in [4.78, 5) is 11.4. The average molecular weight is 391 g/mol. The number of aliphatic carboxylic acids is 1. The van der Waals surface area contributed by atoms with Gasteiger partial charge in [0.25, 0.3) is 0 Å². The third-order valence-electron chi connectivity index (χ3n) is 6.26. The number of carboxylic acids is 1. The van der Waals surface area contributed by atoms with E-state index in [0.717, 1.165) is 50.7 Å². The summed E-state index contributed by atoms with van der Waals surface area (Å²) in [6, 6.07) is 10.0. The molecule has 5 heteroatoms. The van der Waals surface area contributed by atoms with Crippen LogP contribution in [0.15, 0.2) is 30.3 Å². The molecule has 3 rings (SSSR count). The standard InChI is InChI=1S/C23H34O5/c1-23(26,16-17-7-3-2-4-8-17)13-12-18-10-11-20(19(18)15-21(24)25)28-22-9-5-6-14-27-22/h2-4,7-8,18-20,22,26H,5-6,9-16H2,1H3,(H,24,25)/t18-,19-,20+,22?,23?/m1/s1. The van der Waals surface area contributed by atoms with Crippen molar-refractivity contribution >= 4 is 5.97 Å². The third kappa shape index (κ3) is 6.29. The van der Waals surface area contributed by atoms with Crippen LogP contribution in [0.3, 0.4) is 0 Å². The van der Waals surface area contributed by atoms with E-state index in [-0.39, 0.29) is 30.7 Å². The van der Waals surface area contributed by atoms with Crippen LogP contribution in [0.5, 0.6) is 0 Å². The Morgan fingerprint density at radius 3 is 2.68 bits per heavy atom. The summed E-state index contributed by atoms with van der Waals surface area (Å²) < 4.78 is 11.9. The molecule has 2 aliphatic rings. The molecule has 1 saturated carbocycles. The maximum Gasteiger partial charge on any atom is 0.303 e. The summed E-state index contributed by atoms with van der Waals surface area (Å²) in [6.07, 6.45) is 6.89. The van der Waals surface area contributed by atoms with Crippen molar-refractivity contribution in [3.8, 4) is 0 Å². The molecular weight excluding hydrogens is 356 g/mol. The minimum atomic E-state index is -0.791. The lowest BCUT2D eigenvalue weighted by Crippen LogP contribution is -2.33. The molecule has 5 atom stereocenters. The van der Waals surface area contributed by atoms with Crippen molar-refractivity contribution in [3.63, 3.8) is 0 Å². The molecule has 1 aromatic carbocycles. The fourth-order valence-electron chi connectivity index (χ4n) is 4.77. The number of hydrogen-bond acceptors (Lipinski definition) is 4. The maximum absolute atomic E-state index is 11.4. The molecule has 2 unspecified atom stereocenters. The summed E-state index contributed by atoms with van der Waals surface area (Å²) in [6.45, 7) is 2.61. The quantitative estimate of drug-likeness (QED) is 0.662. The van der Waals surface area contributed by atoms with E-state index in [1.165, 1.54) is 0 Å². The summed E-state index contributed by atoms with van der Waals surface area (Å²) in [5.74, 6) is -0.506. The van der Waals surface area contributed by atoms with Crippen molar-refractivity contribution in [2.45, 2.75) is 82.7 Å². The first kappa shape index (κ1) is 21.3. The number of hydrogen-bond donors (Lipinski definition) is 2. The van der Waals surface area contributed by atoms with Gasteiger partial charge < -0.3 is 19.7 Å². The van der Waals surface area contributed by atoms with Crippen molar-refractivity contribution in [2.75, 3.05) is 6.61 Å². The van der Waals surface area contributed by atoms with Gasteiger partial charge in [-0.2, -0.15) is 0 Å². The minimum Gasteiger partial charge on any atom is -0.481 e. The highest BCUT2D eigenvalue weighted by atomic mass is 16.7. The molecule has 2 N–H and O–H groups in total. The van der Waals surface area contributed by atoms with Gasteiger partial charge in [-0.15, -0.1) is 0 Å². The smallest absolute Gasteiger partial charge is 0.303 e. The van der Waals surface area contributed by atoms with Crippen LogP contribution >= 0.6 is 0 Å². The molecule has 0 bridgehead atoms. The van der Waals surface area contributed by atoms with Crippen LogP contribution in [-0.2, 0) is 20.7 Å². The number of rotatable bonds is 9. The topological polar surface area (TPSA) is 76.0 Å². The monoisotopic (exact) mass is 390 g/mol. The summed E-state index contributed by atoms with van der Waals surface area (Å²) >= 11 is 0. The molecule has 1 aliphatic carbocycles. The molecule has 5 nitrogen and oxygen atoms in total. The second-order valence-corrected chi connectivity index (χ2v) is 8.77. The molecule has 1 aromatic rings. The molecule has 1 saturated heterocycles. The Hall–Kier alpha value is -1.43. The molecule has 156 valence electrons. The number of carboxylic acid groups (broad SMARTS) is 1. The van der Waals surface area contributed by atoms with Crippen LogP contribution in [-0.4, -0.2) is 40.8 Å². The Bertz CT molecular complexity index is 609. The van der Waals surface area contributed by atoms with E-state index >= 15 is 0 Å². The van der Waals surface area contributed by atoms with E-state index in [2.05, 4.69) is 0 Å². The van der Waals surface area contributed by atoms with Crippen LogP contribution in [0.1, 0.15) is 63.9 Å². The SMILES string of the molecule is CC(O)(CC[C@H]1CC[C@H](OC2CCCCO2)[C@@H]1CC(=O)O)Cc1ccccc1. The molecule has 2 fully saturated rings. The fourth-order valence-corrected chi connectivity index (χ4v) is 4.77. The number of carbonyl (C=O) groups is 1. The lowest BCUT2D eigenvalue weighted by molar-refractivity contribution is -0.197. The van der Waals surface area contributed by atoms with Gasteiger partial charge in [0.1, 0.15) is 0 Å². The van der Waals surface area contributed by atoms with Gasteiger partial charge >= 0.3 is 5.97 Å². The van der Waals surface area contributed by atoms with Crippen molar-refractivity contribution in [1.82, 2.24) is 0 Å². The second kappa shape index (κ2) is 9.86. The number of benzene rings is 1. The maximum atomic E-state index is 11.4. The predicted molar refractivity (Wildman–Crippen MR) is 107 cm³/mol. The second-order valence-electron chi connectivity index (χ2n) is 8.77. The zero-order valence-corrected chi connectivity index (χ0v) is 16.9. The van der Waals surface area contributed by atoms with Gasteiger partial charge in [-0.25, -0.2) is 0 Å². The zero-order chi connectivity index (χ0) is 20.0. The molecular formula is C23H34O5. The van der Waals surface area contributed by atoms with E-state index in [4.69, 9.17) is 9.47 Å². The lowest BCUT2D eigenvalue weighted by atomic mass is 9.83. The first-order chi connectivity index (χ1) is 13.4. The molecule has 0 amide bonds.